The molecule has 0 saturated heterocycles. The highest BCUT2D eigenvalue weighted by Crippen LogP contribution is 2.16. The number of nitrogens with one attached hydrogen (secondary N) is 1. The molecule has 5 heteroatoms. The Bertz CT molecular complexity index is 440. The minimum atomic E-state index is -3.37. The van der Waals surface area contributed by atoms with Crippen molar-refractivity contribution in [3.63, 3.8) is 0 Å². The van der Waals surface area contributed by atoms with Crippen molar-refractivity contribution in [1.29, 1.82) is 0 Å². The molecule has 0 unspecified atom stereocenters. The van der Waals surface area contributed by atoms with Crippen molar-refractivity contribution < 1.29 is 13.2 Å². The average Bonchev–Trinajstić information content (AvgIpc) is 2.37. The Balaban J connectivity index is 2.64. The van der Waals surface area contributed by atoms with Crippen LogP contribution in [0.15, 0.2) is 29.2 Å². The molecule has 0 aliphatic heterocycles. The van der Waals surface area contributed by atoms with Gasteiger partial charge in [-0.1, -0.05) is 20.3 Å². The first kappa shape index (κ1) is 15.0. The van der Waals surface area contributed by atoms with Gasteiger partial charge in [0.05, 0.1) is 11.5 Å². The second-order valence-electron chi connectivity index (χ2n) is 4.07. The normalized spacial score (nSPS) is 11.4. The van der Waals surface area contributed by atoms with E-state index in [4.69, 9.17) is 4.74 Å². The smallest absolute Gasteiger partial charge is 0.240 e. The van der Waals surface area contributed by atoms with Crippen molar-refractivity contribution >= 4 is 10.0 Å². The van der Waals surface area contributed by atoms with Crippen molar-refractivity contribution in [3.8, 4) is 5.75 Å². The summed E-state index contributed by atoms with van der Waals surface area (Å²) in [4.78, 5) is 0.277. The summed E-state index contributed by atoms with van der Waals surface area (Å²) in [6.45, 7) is 5.14. The van der Waals surface area contributed by atoms with Gasteiger partial charge in [-0.2, -0.15) is 0 Å². The Morgan fingerprint density at radius 3 is 2.33 bits per heavy atom. The molecular formula is C13H21NO3S. The summed E-state index contributed by atoms with van der Waals surface area (Å²) in [5, 5.41) is 0. The summed E-state index contributed by atoms with van der Waals surface area (Å²) in [5.74, 6) is 0.706. The highest BCUT2D eigenvalue weighted by atomic mass is 32.2. The standard InChI is InChI=1S/C13H21NO3S/c1-3-5-11-17-12-6-8-13(9-7-12)18(15,16)14-10-4-2/h6-9,14H,3-5,10-11H2,1-2H3. The van der Waals surface area contributed by atoms with Gasteiger partial charge < -0.3 is 4.74 Å². The fraction of sp³-hybridized carbons (Fsp3) is 0.538. The second kappa shape index (κ2) is 7.38. The van der Waals surface area contributed by atoms with Crippen LogP contribution in [0.3, 0.4) is 0 Å². The molecule has 102 valence electrons. The number of rotatable bonds is 8. The molecule has 0 radical (unpaired) electrons. The van der Waals surface area contributed by atoms with Gasteiger partial charge in [0.15, 0.2) is 0 Å². The number of hydrogen-bond acceptors (Lipinski definition) is 3. The maximum atomic E-state index is 11.8. The average molecular weight is 271 g/mol. The van der Waals surface area contributed by atoms with Crippen LogP contribution in [0.1, 0.15) is 33.1 Å². The first-order valence-corrected chi connectivity index (χ1v) is 7.81. The van der Waals surface area contributed by atoms with Crippen LogP contribution < -0.4 is 9.46 Å². The van der Waals surface area contributed by atoms with E-state index in [1.165, 1.54) is 0 Å². The second-order valence-corrected chi connectivity index (χ2v) is 5.84. The molecule has 1 aromatic carbocycles. The number of sulfonamides is 1. The van der Waals surface area contributed by atoms with Gasteiger partial charge in [0.25, 0.3) is 0 Å². The summed E-state index contributed by atoms with van der Waals surface area (Å²) < 4.78 is 31.6. The van der Waals surface area contributed by atoms with Crippen molar-refractivity contribution in [2.75, 3.05) is 13.2 Å². The molecule has 0 aromatic heterocycles. The zero-order chi connectivity index (χ0) is 13.4. The molecule has 0 amide bonds. The number of hydrogen-bond donors (Lipinski definition) is 1. The van der Waals surface area contributed by atoms with Gasteiger partial charge in [-0.25, -0.2) is 13.1 Å². The van der Waals surface area contributed by atoms with Gasteiger partial charge in [0.2, 0.25) is 10.0 Å². The lowest BCUT2D eigenvalue weighted by Crippen LogP contribution is -2.24. The van der Waals surface area contributed by atoms with Crippen molar-refractivity contribution in [3.05, 3.63) is 24.3 Å². The van der Waals surface area contributed by atoms with E-state index < -0.39 is 10.0 Å². The van der Waals surface area contributed by atoms with Crippen LogP contribution in [-0.4, -0.2) is 21.6 Å². The lowest BCUT2D eigenvalue weighted by molar-refractivity contribution is 0.309. The number of ether oxygens (including phenoxy) is 1. The summed E-state index contributed by atoms with van der Waals surface area (Å²) in [5.41, 5.74) is 0. The first-order valence-electron chi connectivity index (χ1n) is 6.32. The third kappa shape index (κ3) is 4.66. The van der Waals surface area contributed by atoms with E-state index in [1.54, 1.807) is 24.3 Å². The van der Waals surface area contributed by atoms with E-state index in [2.05, 4.69) is 11.6 Å². The van der Waals surface area contributed by atoms with Gasteiger partial charge in [-0.15, -0.1) is 0 Å². The predicted octanol–water partition coefficient (Wildman–Crippen LogP) is 2.55. The van der Waals surface area contributed by atoms with Crippen molar-refractivity contribution in [2.24, 2.45) is 0 Å². The molecule has 0 heterocycles. The molecule has 18 heavy (non-hydrogen) atoms. The Labute approximate surface area is 109 Å². The topological polar surface area (TPSA) is 55.4 Å². The van der Waals surface area contributed by atoms with E-state index in [1.807, 2.05) is 6.92 Å². The fourth-order valence-corrected chi connectivity index (χ4v) is 2.50. The van der Waals surface area contributed by atoms with E-state index in [0.717, 1.165) is 19.3 Å². The van der Waals surface area contributed by atoms with Crippen LogP contribution in [-0.2, 0) is 10.0 Å². The van der Waals surface area contributed by atoms with Gasteiger partial charge in [0.1, 0.15) is 5.75 Å². The van der Waals surface area contributed by atoms with Crippen LogP contribution in [0.25, 0.3) is 0 Å². The third-order valence-corrected chi connectivity index (χ3v) is 3.92. The Morgan fingerprint density at radius 1 is 1.11 bits per heavy atom. The summed E-state index contributed by atoms with van der Waals surface area (Å²) in [6.07, 6.45) is 2.85. The quantitative estimate of drug-likeness (QED) is 0.739. The van der Waals surface area contributed by atoms with E-state index in [-0.39, 0.29) is 4.90 Å². The molecule has 1 aromatic rings. The highest BCUT2D eigenvalue weighted by Gasteiger charge is 2.12. The molecule has 1 N–H and O–H groups in total. The summed E-state index contributed by atoms with van der Waals surface area (Å²) in [7, 11) is -3.37. The molecule has 0 aliphatic carbocycles. The van der Waals surface area contributed by atoms with Gasteiger partial charge in [-0.3, -0.25) is 0 Å². The fourth-order valence-electron chi connectivity index (χ4n) is 1.37. The van der Waals surface area contributed by atoms with Crippen molar-refractivity contribution in [2.45, 2.75) is 38.0 Å². The minimum absolute atomic E-state index is 0.277. The predicted molar refractivity (Wildman–Crippen MR) is 72.3 cm³/mol. The van der Waals surface area contributed by atoms with E-state index in [9.17, 15) is 8.42 Å². The van der Waals surface area contributed by atoms with Crippen LogP contribution in [0, 0.1) is 0 Å². The minimum Gasteiger partial charge on any atom is -0.494 e. The monoisotopic (exact) mass is 271 g/mol. The van der Waals surface area contributed by atoms with Crippen molar-refractivity contribution in [1.82, 2.24) is 4.72 Å². The van der Waals surface area contributed by atoms with Crippen LogP contribution >= 0.6 is 0 Å². The third-order valence-electron chi connectivity index (χ3n) is 2.44. The number of benzene rings is 1. The van der Waals surface area contributed by atoms with Crippen LogP contribution in [0.5, 0.6) is 5.75 Å². The molecule has 0 aliphatic rings. The zero-order valence-corrected chi connectivity index (χ0v) is 11.8. The molecule has 0 spiro atoms. The molecular weight excluding hydrogens is 250 g/mol. The Morgan fingerprint density at radius 2 is 1.78 bits per heavy atom. The summed E-state index contributed by atoms with van der Waals surface area (Å²) >= 11 is 0. The van der Waals surface area contributed by atoms with Gasteiger partial charge in [-0.05, 0) is 37.1 Å². The Kier molecular flexibility index (Phi) is 6.15. The maximum Gasteiger partial charge on any atom is 0.240 e. The number of unbranched alkanes of at least 4 members (excludes halogenated alkanes) is 1. The molecule has 0 bridgehead atoms. The molecule has 0 atom stereocenters. The molecule has 0 fully saturated rings. The lowest BCUT2D eigenvalue weighted by atomic mass is 10.3. The molecule has 4 nitrogen and oxygen atoms in total. The largest absolute Gasteiger partial charge is 0.494 e. The molecule has 0 saturated carbocycles. The van der Waals surface area contributed by atoms with Gasteiger partial charge in [0, 0.05) is 6.54 Å². The van der Waals surface area contributed by atoms with Crippen LogP contribution in [0.2, 0.25) is 0 Å². The Hall–Kier alpha value is -1.07. The lowest BCUT2D eigenvalue weighted by Gasteiger charge is -2.08. The van der Waals surface area contributed by atoms with Gasteiger partial charge >= 0.3 is 0 Å². The van der Waals surface area contributed by atoms with E-state index >= 15 is 0 Å². The maximum absolute atomic E-state index is 11.8. The summed E-state index contributed by atoms with van der Waals surface area (Å²) in [6, 6.07) is 6.52. The zero-order valence-electron chi connectivity index (χ0n) is 11.0. The van der Waals surface area contributed by atoms with E-state index in [0.29, 0.717) is 18.9 Å². The highest BCUT2D eigenvalue weighted by molar-refractivity contribution is 7.89. The molecule has 1 rings (SSSR count). The van der Waals surface area contributed by atoms with Crippen LogP contribution in [0.4, 0.5) is 0 Å². The first-order chi connectivity index (χ1) is 8.60. The SMILES string of the molecule is CCCCOc1ccc(S(=O)(=O)NCCC)cc1.